The highest BCUT2D eigenvalue weighted by Crippen LogP contribution is 2.44. The second-order valence-electron chi connectivity index (χ2n) is 12.7. The number of carbonyl (C=O) groups is 1. The quantitative estimate of drug-likeness (QED) is 0.109. The SMILES string of the molecule is Cc1ccc(C(OC(=O)[C@@H](N)Cc2cn(C(c3ccccc3)(c3ccccc3)c3ccccc3)cn2)(c2ccccc2)c2ccccc2Cl)cc1. The molecule has 1 unspecified atom stereocenters. The van der Waals surface area contributed by atoms with Crippen molar-refractivity contribution in [1.29, 1.82) is 0 Å². The van der Waals surface area contributed by atoms with E-state index >= 15 is 0 Å². The van der Waals surface area contributed by atoms with E-state index in [9.17, 15) is 4.79 Å². The monoisotopic (exact) mass is 687 g/mol. The molecule has 0 aliphatic carbocycles. The predicted octanol–water partition coefficient (Wildman–Crippen LogP) is 9.09. The zero-order chi connectivity index (χ0) is 35.3. The van der Waals surface area contributed by atoms with E-state index in [1.54, 1.807) is 0 Å². The fourth-order valence-electron chi connectivity index (χ4n) is 7.03. The van der Waals surface area contributed by atoms with Crippen LogP contribution in [0, 0.1) is 6.92 Å². The Balaban J connectivity index is 1.28. The third-order valence-electron chi connectivity index (χ3n) is 9.48. The number of halogens is 1. The van der Waals surface area contributed by atoms with Gasteiger partial charge in [0.05, 0.1) is 12.0 Å². The number of nitrogens with two attached hydrogens (primary N) is 1. The van der Waals surface area contributed by atoms with Gasteiger partial charge in [0, 0.05) is 34.3 Å². The van der Waals surface area contributed by atoms with E-state index in [1.807, 2.05) is 153 Å². The van der Waals surface area contributed by atoms with Crippen LogP contribution in [0.4, 0.5) is 0 Å². The number of ether oxygens (including phenoxy) is 1. The number of nitrogens with zero attached hydrogens (tertiary/aromatic N) is 2. The van der Waals surface area contributed by atoms with Crippen LogP contribution in [0.15, 0.2) is 182 Å². The average molecular weight is 688 g/mol. The van der Waals surface area contributed by atoms with Gasteiger partial charge in [0.1, 0.15) is 11.6 Å². The molecule has 51 heavy (non-hydrogen) atoms. The Morgan fingerprint density at radius 1 is 0.667 bits per heavy atom. The summed E-state index contributed by atoms with van der Waals surface area (Å²) in [6, 6.07) is 55.2. The summed E-state index contributed by atoms with van der Waals surface area (Å²) in [4.78, 5) is 19.1. The summed E-state index contributed by atoms with van der Waals surface area (Å²) in [7, 11) is 0. The van der Waals surface area contributed by atoms with Crippen molar-refractivity contribution >= 4 is 17.6 Å². The van der Waals surface area contributed by atoms with Crippen LogP contribution in [-0.4, -0.2) is 21.6 Å². The first-order valence-electron chi connectivity index (χ1n) is 17.0. The average Bonchev–Trinajstić information content (AvgIpc) is 3.65. The van der Waals surface area contributed by atoms with E-state index in [0.29, 0.717) is 16.3 Å². The maximum atomic E-state index is 14.3. The lowest BCUT2D eigenvalue weighted by atomic mass is 9.77. The van der Waals surface area contributed by atoms with Gasteiger partial charge in [-0.3, -0.25) is 4.79 Å². The zero-order valence-electron chi connectivity index (χ0n) is 28.3. The normalized spacial score (nSPS) is 13.2. The molecule has 2 N–H and O–H groups in total. The number of aryl methyl sites for hydroxylation is 1. The Labute approximate surface area is 304 Å². The van der Waals surface area contributed by atoms with Gasteiger partial charge in [-0.25, -0.2) is 4.98 Å². The number of imidazole rings is 1. The summed E-state index contributed by atoms with van der Waals surface area (Å²) in [5.41, 5.74) is 11.8. The molecule has 6 heteroatoms. The highest BCUT2D eigenvalue weighted by molar-refractivity contribution is 6.31. The van der Waals surface area contributed by atoms with Crippen molar-refractivity contribution in [1.82, 2.24) is 9.55 Å². The molecular formula is C45H38ClN3O2. The summed E-state index contributed by atoms with van der Waals surface area (Å²) in [5.74, 6) is -0.575. The zero-order valence-corrected chi connectivity index (χ0v) is 29.0. The van der Waals surface area contributed by atoms with Crippen molar-refractivity contribution in [3.63, 3.8) is 0 Å². The van der Waals surface area contributed by atoms with Crippen LogP contribution in [0.1, 0.15) is 44.6 Å². The summed E-state index contributed by atoms with van der Waals surface area (Å²) >= 11 is 6.89. The highest BCUT2D eigenvalue weighted by atomic mass is 35.5. The van der Waals surface area contributed by atoms with Gasteiger partial charge in [-0.1, -0.05) is 181 Å². The lowest BCUT2D eigenvalue weighted by Gasteiger charge is -2.37. The molecule has 1 aromatic heterocycles. The minimum atomic E-state index is -1.36. The fraction of sp³-hybridized carbons (Fsp3) is 0.111. The van der Waals surface area contributed by atoms with Crippen LogP contribution in [0.25, 0.3) is 0 Å². The smallest absolute Gasteiger partial charge is 0.324 e. The Morgan fingerprint density at radius 2 is 1.12 bits per heavy atom. The number of hydrogen-bond donors (Lipinski definition) is 1. The Kier molecular flexibility index (Phi) is 9.67. The molecule has 0 aliphatic rings. The standard InChI is InChI=1S/C45H38ClN3O2/c1-33-26-28-38(29-27-33)45(37-22-12-5-13-23-37,40-24-14-15-25-41(40)46)51-43(50)42(47)30-39-31-49(32-48-39)44(34-16-6-2-7-17-34,35-18-8-3-9-19-35)36-20-10-4-11-21-36/h2-29,31-32,42H,30,47H2,1H3/t42-,45?/m0/s1. The van der Waals surface area contributed by atoms with E-state index in [1.165, 1.54) is 0 Å². The number of aromatic nitrogens is 2. The van der Waals surface area contributed by atoms with Gasteiger partial charge in [0.25, 0.3) is 0 Å². The van der Waals surface area contributed by atoms with Crippen molar-refractivity contribution in [2.75, 3.05) is 0 Å². The van der Waals surface area contributed by atoms with Gasteiger partial charge < -0.3 is 15.0 Å². The van der Waals surface area contributed by atoms with E-state index in [2.05, 4.69) is 41.0 Å². The predicted molar refractivity (Wildman–Crippen MR) is 204 cm³/mol. The van der Waals surface area contributed by atoms with Crippen LogP contribution in [-0.2, 0) is 27.1 Å². The molecule has 6 aromatic carbocycles. The lowest BCUT2D eigenvalue weighted by molar-refractivity contribution is -0.155. The molecule has 0 fully saturated rings. The summed E-state index contributed by atoms with van der Waals surface area (Å²) < 4.78 is 8.77. The molecule has 252 valence electrons. The Morgan fingerprint density at radius 3 is 1.63 bits per heavy atom. The van der Waals surface area contributed by atoms with Gasteiger partial charge in [-0.05, 0) is 29.7 Å². The number of benzene rings is 6. The number of esters is 1. The van der Waals surface area contributed by atoms with Gasteiger partial charge in [0.2, 0.25) is 0 Å². The maximum Gasteiger partial charge on any atom is 0.324 e. The molecule has 0 aliphatic heterocycles. The molecule has 5 nitrogen and oxygen atoms in total. The molecule has 0 amide bonds. The molecule has 1 heterocycles. The molecule has 7 rings (SSSR count). The van der Waals surface area contributed by atoms with Crippen LogP contribution in [0.5, 0.6) is 0 Å². The van der Waals surface area contributed by atoms with E-state index in [-0.39, 0.29) is 6.42 Å². The first kappa shape index (κ1) is 33.7. The van der Waals surface area contributed by atoms with Crippen molar-refractivity contribution in [2.45, 2.75) is 30.5 Å². The van der Waals surface area contributed by atoms with E-state index in [0.717, 1.165) is 33.4 Å². The van der Waals surface area contributed by atoms with E-state index in [4.69, 9.17) is 27.1 Å². The van der Waals surface area contributed by atoms with Gasteiger partial charge >= 0.3 is 5.97 Å². The lowest BCUT2D eigenvalue weighted by Crippen LogP contribution is -2.43. The number of carbonyl (C=O) groups excluding carboxylic acids is 1. The van der Waals surface area contributed by atoms with Crippen LogP contribution in [0.3, 0.4) is 0 Å². The molecule has 2 atom stereocenters. The molecule has 0 saturated heterocycles. The second-order valence-corrected chi connectivity index (χ2v) is 13.1. The van der Waals surface area contributed by atoms with Crippen molar-refractivity contribution in [3.05, 3.63) is 232 Å². The Hall–Kier alpha value is -5.75. The van der Waals surface area contributed by atoms with E-state index < -0.39 is 23.2 Å². The van der Waals surface area contributed by atoms with Crippen LogP contribution < -0.4 is 5.73 Å². The minimum absolute atomic E-state index is 0.154. The van der Waals surface area contributed by atoms with Crippen LogP contribution in [0.2, 0.25) is 5.02 Å². The molecular weight excluding hydrogens is 650 g/mol. The first-order chi connectivity index (χ1) is 24.9. The maximum absolute atomic E-state index is 14.3. The molecule has 7 aromatic rings. The van der Waals surface area contributed by atoms with Crippen molar-refractivity contribution in [2.24, 2.45) is 5.73 Å². The minimum Gasteiger partial charge on any atom is -0.443 e. The molecule has 0 saturated carbocycles. The fourth-order valence-corrected chi connectivity index (χ4v) is 7.30. The van der Waals surface area contributed by atoms with Gasteiger partial charge in [-0.15, -0.1) is 0 Å². The molecule has 0 spiro atoms. The van der Waals surface area contributed by atoms with Crippen molar-refractivity contribution in [3.8, 4) is 0 Å². The van der Waals surface area contributed by atoms with Gasteiger partial charge in [0.15, 0.2) is 5.60 Å². The first-order valence-corrected chi connectivity index (χ1v) is 17.4. The molecule has 0 bridgehead atoms. The molecule has 0 radical (unpaired) electrons. The van der Waals surface area contributed by atoms with Gasteiger partial charge in [-0.2, -0.15) is 0 Å². The topological polar surface area (TPSA) is 70.1 Å². The third kappa shape index (κ3) is 6.38. The largest absolute Gasteiger partial charge is 0.443 e. The summed E-state index contributed by atoms with van der Waals surface area (Å²) in [5, 5.41) is 0.473. The number of rotatable bonds is 11. The van der Waals surface area contributed by atoms with Crippen molar-refractivity contribution < 1.29 is 9.53 Å². The second kappa shape index (κ2) is 14.6. The highest BCUT2D eigenvalue weighted by Gasteiger charge is 2.43. The Bertz CT molecular complexity index is 2110. The summed E-state index contributed by atoms with van der Waals surface area (Å²) in [6.45, 7) is 2.02. The summed E-state index contributed by atoms with van der Waals surface area (Å²) in [6.07, 6.45) is 3.96. The third-order valence-corrected chi connectivity index (χ3v) is 9.80. The van der Waals surface area contributed by atoms with Crippen LogP contribution >= 0.6 is 11.6 Å². The number of hydrogen-bond acceptors (Lipinski definition) is 4.